The summed E-state index contributed by atoms with van der Waals surface area (Å²) >= 11 is 0. The maximum absolute atomic E-state index is 2.90. The summed E-state index contributed by atoms with van der Waals surface area (Å²) in [6.07, 6.45) is 8.92. The third kappa shape index (κ3) is 3.61. The molecule has 0 aromatic carbocycles. The first-order chi connectivity index (χ1) is 9.32. The van der Waals surface area contributed by atoms with Gasteiger partial charge in [0.2, 0.25) is 0 Å². The molecule has 2 bridgehead atoms. The van der Waals surface area contributed by atoms with Gasteiger partial charge in [-0.1, -0.05) is 47.0 Å². The zero-order valence-electron chi connectivity index (χ0n) is 14.8. The summed E-state index contributed by atoms with van der Waals surface area (Å²) in [6, 6.07) is 0.709. The lowest BCUT2D eigenvalue weighted by Gasteiger charge is -2.54. The van der Waals surface area contributed by atoms with Crippen LogP contribution in [0, 0.1) is 23.7 Å². The molecule has 116 valence electrons. The smallest absolute Gasteiger partial charge is 0.127 e. The minimum atomic E-state index is 0.460. The van der Waals surface area contributed by atoms with Gasteiger partial charge in [0.1, 0.15) is 7.85 Å². The fourth-order valence-electron chi connectivity index (χ4n) is 4.97. The number of fused-ring (bicyclic) bond motifs is 2. The van der Waals surface area contributed by atoms with E-state index in [0.29, 0.717) is 11.5 Å². The lowest BCUT2D eigenvalue weighted by atomic mass is 9.56. The van der Waals surface area contributed by atoms with Crippen LogP contribution in [-0.4, -0.2) is 30.8 Å². The maximum Gasteiger partial charge on any atom is 0.127 e. The second-order valence-electron chi connectivity index (χ2n) is 8.83. The molecule has 3 unspecified atom stereocenters. The molecule has 2 saturated carbocycles. The van der Waals surface area contributed by atoms with E-state index in [1.807, 2.05) is 0 Å². The Bertz CT molecular complexity index is 301. The molecule has 0 amide bonds. The molecule has 2 aliphatic rings. The average Bonchev–Trinajstić information content (AvgIpc) is 2.34. The van der Waals surface area contributed by atoms with Crippen molar-refractivity contribution in [3.63, 3.8) is 0 Å². The van der Waals surface area contributed by atoms with Gasteiger partial charge in [0.05, 0.1) is 0 Å². The van der Waals surface area contributed by atoms with Crippen LogP contribution in [0.5, 0.6) is 0 Å². The van der Waals surface area contributed by atoms with E-state index in [-0.39, 0.29) is 0 Å². The van der Waals surface area contributed by atoms with Crippen LogP contribution < -0.4 is 0 Å². The van der Waals surface area contributed by atoms with Crippen LogP contribution in [0.15, 0.2) is 0 Å². The minimum absolute atomic E-state index is 0.460. The second kappa shape index (κ2) is 6.42. The van der Waals surface area contributed by atoms with Gasteiger partial charge in [0.15, 0.2) is 0 Å². The molecule has 0 radical (unpaired) electrons. The van der Waals surface area contributed by atoms with Crippen molar-refractivity contribution in [2.24, 2.45) is 23.7 Å². The van der Waals surface area contributed by atoms with Crippen molar-refractivity contribution in [1.82, 2.24) is 4.90 Å². The van der Waals surface area contributed by atoms with E-state index in [1.165, 1.54) is 45.1 Å². The molecule has 2 rings (SSSR count). The van der Waals surface area contributed by atoms with Gasteiger partial charge in [0, 0.05) is 12.6 Å². The van der Waals surface area contributed by atoms with Gasteiger partial charge in [-0.2, -0.15) is 0 Å². The highest BCUT2D eigenvalue weighted by Crippen LogP contribution is 2.46. The number of hydrogen-bond donors (Lipinski definition) is 0. The molecule has 2 aliphatic carbocycles. The van der Waals surface area contributed by atoms with Crippen LogP contribution in [0.1, 0.15) is 73.1 Å². The van der Waals surface area contributed by atoms with Crippen molar-refractivity contribution >= 4 is 7.85 Å². The molecule has 20 heavy (non-hydrogen) atoms. The van der Waals surface area contributed by atoms with E-state index in [9.17, 15) is 0 Å². The van der Waals surface area contributed by atoms with E-state index in [1.54, 1.807) is 0 Å². The van der Waals surface area contributed by atoms with E-state index < -0.39 is 0 Å². The highest BCUT2D eigenvalue weighted by molar-refractivity contribution is 6.15. The van der Waals surface area contributed by atoms with Gasteiger partial charge in [-0.3, -0.25) is 0 Å². The van der Waals surface area contributed by atoms with Crippen molar-refractivity contribution < 1.29 is 0 Å². The van der Waals surface area contributed by atoms with Gasteiger partial charge < -0.3 is 4.90 Å². The molecule has 0 spiro atoms. The van der Waals surface area contributed by atoms with Crippen molar-refractivity contribution in [1.29, 1.82) is 0 Å². The zero-order chi connectivity index (χ0) is 14.9. The first-order valence-electron chi connectivity index (χ1n) is 9.08. The highest BCUT2D eigenvalue weighted by Gasteiger charge is 2.44. The average molecular weight is 277 g/mol. The summed E-state index contributed by atoms with van der Waals surface area (Å²) in [5, 5.41) is 0. The quantitative estimate of drug-likeness (QED) is 0.688. The predicted octanol–water partition coefficient (Wildman–Crippen LogP) is 3.92. The maximum atomic E-state index is 2.90. The number of rotatable bonds is 5. The van der Waals surface area contributed by atoms with Crippen molar-refractivity contribution in [2.75, 3.05) is 6.54 Å². The first kappa shape index (κ1) is 16.4. The van der Waals surface area contributed by atoms with Crippen LogP contribution in [0.2, 0.25) is 0 Å². The van der Waals surface area contributed by atoms with Gasteiger partial charge in [0.25, 0.3) is 0 Å². The molecule has 3 atom stereocenters. The Morgan fingerprint density at radius 3 is 2.05 bits per heavy atom. The van der Waals surface area contributed by atoms with Crippen LogP contribution in [-0.2, 0) is 0 Å². The Balaban J connectivity index is 2.17. The second-order valence-corrected chi connectivity index (χ2v) is 8.83. The largest absolute Gasteiger partial charge is 0.302 e. The van der Waals surface area contributed by atoms with E-state index in [4.69, 9.17) is 0 Å². The molecular weight excluding hydrogens is 241 g/mol. The summed E-state index contributed by atoms with van der Waals surface area (Å²) in [7, 11) is 2.58. The van der Waals surface area contributed by atoms with Gasteiger partial charge in [-0.15, -0.1) is 0 Å². The van der Waals surface area contributed by atoms with Gasteiger partial charge in [-0.25, -0.2) is 0 Å². The Morgan fingerprint density at radius 2 is 1.60 bits per heavy atom. The van der Waals surface area contributed by atoms with Crippen LogP contribution in [0.25, 0.3) is 0 Å². The summed E-state index contributed by atoms with van der Waals surface area (Å²) in [5.74, 6) is 3.56. The van der Waals surface area contributed by atoms with Crippen molar-refractivity contribution in [2.45, 2.75) is 84.6 Å². The minimum Gasteiger partial charge on any atom is -0.302 e. The normalized spacial score (nSPS) is 35.8. The van der Waals surface area contributed by atoms with E-state index >= 15 is 0 Å². The molecule has 1 nitrogen and oxygen atoms in total. The van der Waals surface area contributed by atoms with Crippen molar-refractivity contribution in [3.8, 4) is 0 Å². The summed E-state index contributed by atoms with van der Waals surface area (Å²) < 4.78 is 0. The standard InChI is InChI=1S/C18H36BN/c1-13(2)12-20(15(5)14(3)4)18(19)10-16-7-6-8-17(9-16)11-18/h13-17H,6-12,19H2,1-5H3. The van der Waals surface area contributed by atoms with Crippen LogP contribution in [0.3, 0.4) is 0 Å². The molecular formula is C18H36BN. The van der Waals surface area contributed by atoms with Gasteiger partial charge in [-0.05, 0) is 55.3 Å². The molecule has 2 heteroatoms. The molecule has 2 fully saturated rings. The highest BCUT2D eigenvalue weighted by atomic mass is 15.2. The molecule has 0 saturated heterocycles. The Kier molecular flexibility index (Phi) is 5.26. The molecule has 0 aliphatic heterocycles. The summed E-state index contributed by atoms with van der Waals surface area (Å²) in [4.78, 5) is 2.90. The first-order valence-corrected chi connectivity index (χ1v) is 9.08. The van der Waals surface area contributed by atoms with E-state index in [0.717, 1.165) is 23.7 Å². The summed E-state index contributed by atoms with van der Waals surface area (Å²) in [5.41, 5.74) is 0.460. The zero-order valence-corrected chi connectivity index (χ0v) is 14.8. The third-order valence-corrected chi connectivity index (χ3v) is 6.06. The Morgan fingerprint density at radius 1 is 1.05 bits per heavy atom. The van der Waals surface area contributed by atoms with Crippen molar-refractivity contribution in [3.05, 3.63) is 0 Å². The SMILES string of the molecule is BC1(N(CC(C)C)C(C)C(C)C)CC2CCCC(C2)C1. The molecule has 0 aromatic rings. The van der Waals surface area contributed by atoms with E-state index in [2.05, 4.69) is 47.4 Å². The lowest BCUT2D eigenvalue weighted by Crippen LogP contribution is -2.59. The monoisotopic (exact) mass is 277 g/mol. The topological polar surface area (TPSA) is 3.24 Å². The van der Waals surface area contributed by atoms with Crippen LogP contribution in [0.4, 0.5) is 0 Å². The number of hydrogen-bond acceptors (Lipinski definition) is 1. The Labute approximate surface area is 128 Å². The summed E-state index contributed by atoms with van der Waals surface area (Å²) in [6.45, 7) is 13.3. The fraction of sp³-hybridized carbons (Fsp3) is 1.00. The lowest BCUT2D eigenvalue weighted by molar-refractivity contribution is 0.00145. The number of nitrogens with zero attached hydrogens (tertiary/aromatic N) is 1. The van der Waals surface area contributed by atoms with Gasteiger partial charge >= 0.3 is 0 Å². The Hall–Kier alpha value is 0.0249. The molecule has 0 heterocycles. The molecule has 0 aromatic heterocycles. The molecule has 0 N–H and O–H groups in total. The predicted molar refractivity (Wildman–Crippen MR) is 91.8 cm³/mol. The third-order valence-electron chi connectivity index (χ3n) is 6.06. The van der Waals surface area contributed by atoms with Crippen LogP contribution >= 0.6 is 0 Å². The fourth-order valence-corrected chi connectivity index (χ4v) is 4.97.